The highest BCUT2D eigenvalue weighted by Gasteiger charge is 2.34. The van der Waals surface area contributed by atoms with E-state index in [1.54, 1.807) is 12.1 Å². The maximum atomic E-state index is 12.0. The average Bonchev–Trinajstić information content (AvgIpc) is 2.85. The summed E-state index contributed by atoms with van der Waals surface area (Å²) < 4.78 is 0.667. The van der Waals surface area contributed by atoms with Crippen LogP contribution in [0.1, 0.15) is 35.4 Å². The fourth-order valence-electron chi connectivity index (χ4n) is 2.87. The van der Waals surface area contributed by atoms with Crippen LogP contribution >= 0.6 is 22.9 Å². The Labute approximate surface area is 110 Å². The monoisotopic (exact) mass is 270 g/mol. The molecule has 2 aliphatic heterocycles. The Kier molecular flexibility index (Phi) is 3.11. The minimum atomic E-state index is 0.0215. The standard InChI is InChI=1S/C12H15ClN2OS/c13-11-4-3-10(17-11)12(16)15-9-5-7-1-2-8(6-9)14-7/h3-4,7-9,14H,1-2,5-6H2,(H,15,16). The lowest BCUT2D eigenvalue weighted by molar-refractivity contribution is 0.0928. The van der Waals surface area contributed by atoms with Crippen molar-refractivity contribution < 1.29 is 4.79 Å². The van der Waals surface area contributed by atoms with Crippen molar-refractivity contribution in [1.82, 2.24) is 10.6 Å². The molecule has 3 rings (SSSR count). The van der Waals surface area contributed by atoms with Gasteiger partial charge in [-0.25, -0.2) is 0 Å². The quantitative estimate of drug-likeness (QED) is 0.867. The van der Waals surface area contributed by atoms with Crippen molar-refractivity contribution in [2.24, 2.45) is 0 Å². The predicted molar refractivity (Wildman–Crippen MR) is 69.8 cm³/mol. The molecular formula is C12H15ClN2OS. The van der Waals surface area contributed by atoms with Crippen LogP contribution in [0.5, 0.6) is 0 Å². The molecule has 2 saturated heterocycles. The van der Waals surface area contributed by atoms with Gasteiger partial charge >= 0.3 is 0 Å². The van der Waals surface area contributed by atoms with Crippen molar-refractivity contribution in [2.75, 3.05) is 0 Å². The topological polar surface area (TPSA) is 41.1 Å². The number of thiophene rings is 1. The Morgan fingerprint density at radius 1 is 1.35 bits per heavy atom. The summed E-state index contributed by atoms with van der Waals surface area (Å²) in [6.45, 7) is 0. The van der Waals surface area contributed by atoms with Gasteiger partial charge < -0.3 is 10.6 Å². The Hall–Kier alpha value is -0.580. The predicted octanol–water partition coefficient (Wildman–Crippen LogP) is 2.41. The third-order valence-electron chi connectivity index (χ3n) is 3.61. The summed E-state index contributed by atoms with van der Waals surface area (Å²) in [6.07, 6.45) is 4.62. The minimum absolute atomic E-state index is 0.0215. The molecule has 2 unspecified atom stereocenters. The Balaban J connectivity index is 1.62. The molecule has 1 aromatic rings. The van der Waals surface area contributed by atoms with Crippen LogP contribution in [0.4, 0.5) is 0 Å². The van der Waals surface area contributed by atoms with E-state index >= 15 is 0 Å². The summed E-state index contributed by atoms with van der Waals surface area (Å²) in [5.74, 6) is 0.0215. The van der Waals surface area contributed by atoms with E-state index in [9.17, 15) is 4.79 Å². The van der Waals surface area contributed by atoms with Gasteiger partial charge in [-0.1, -0.05) is 11.6 Å². The molecule has 2 fully saturated rings. The van der Waals surface area contributed by atoms with Gasteiger partial charge in [0.25, 0.3) is 5.91 Å². The number of carbonyl (C=O) groups is 1. The normalized spacial score (nSPS) is 31.5. The lowest BCUT2D eigenvalue weighted by Crippen LogP contribution is -2.47. The minimum Gasteiger partial charge on any atom is -0.348 e. The molecule has 0 radical (unpaired) electrons. The van der Waals surface area contributed by atoms with E-state index in [0.717, 1.165) is 12.8 Å². The number of hydrogen-bond acceptors (Lipinski definition) is 3. The highest BCUT2D eigenvalue weighted by atomic mass is 35.5. The van der Waals surface area contributed by atoms with Crippen LogP contribution in [0.15, 0.2) is 12.1 Å². The van der Waals surface area contributed by atoms with Gasteiger partial charge in [-0.15, -0.1) is 11.3 Å². The fraction of sp³-hybridized carbons (Fsp3) is 0.583. The Bertz CT molecular complexity index is 422. The van der Waals surface area contributed by atoms with E-state index in [0.29, 0.717) is 27.3 Å². The van der Waals surface area contributed by atoms with Gasteiger partial charge in [-0.05, 0) is 37.8 Å². The van der Waals surface area contributed by atoms with E-state index < -0.39 is 0 Å². The number of rotatable bonds is 2. The second-order valence-corrected chi connectivity index (χ2v) is 6.60. The first-order valence-electron chi connectivity index (χ1n) is 6.03. The molecule has 0 spiro atoms. The van der Waals surface area contributed by atoms with Crippen LogP contribution < -0.4 is 10.6 Å². The molecule has 2 bridgehead atoms. The number of nitrogens with one attached hydrogen (secondary N) is 2. The molecule has 1 aromatic heterocycles. The molecule has 2 aliphatic rings. The molecule has 1 amide bonds. The lowest BCUT2D eigenvalue weighted by atomic mass is 10.00. The largest absolute Gasteiger partial charge is 0.348 e. The van der Waals surface area contributed by atoms with Gasteiger partial charge in [-0.3, -0.25) is 4.79 Å². The molecule has 5 heteroatoms. The summed E-state index contributed by atoms with van der Waals surface area (Å²) in [4.78, 5) is 12.7. The molecule has 3 nitrogen and oxygen atoms in total. The van der Waals surface area contributed by atoms with Crippen molar-refractivity contribution >= 4 is 28.8 Å². The van der Waals surface area contributed by atoms with Gasteiger partial charge in [0.05, 0.1) is 9.21 Å². The molecule has 0 aromatic carbocycles. The van der Waals surface area contributed by atoms with E-state index in [1.165, 1.54) is 24.2 Å². The maximum Gasteiger partial charge on any atom is 0.261 e. The highest BCUT2D eigenvalue weighted by Crippen LogP contribution is 2.27. The molecule has 92 valence electrons. The van der Waals surface area contributed by atoms with Gasteiger partial charge in [0.2, 0.25) is 0 Å². The first-order chi connectivity index (χ1) is 8.20. The van der Waals surface area contributed by atoms with Crippen molar-refractivity contribution in [3.05, 3.63) is 21.3 Å². The zero-order valence-electron chi connectivity index (χ0n) is 9.41. The van der Waals surface area contributed by atoms with E-state index in [-0.39, 0.29) is 5.91 Å². The van der Waals surface area contributed by atoms with Crippen LogP contribution in [0.2, 0.25) is 4.34 Å². The third kappa shape index (κ3) is 2.49. The molecule has 0 saturated carbocycles. The second kappa shape index (κ2) is 4.59. The summed E-state index contributed by atoms with van der Waals surface area (Å²) >= 11 is 7.17. The molecule has 2 atom stereocenters. The lowest BCUT2D eigenvalue weighted by Gasteiger charge is -2.29. The smallest absolute Gasteiger partial charge is 0.261 e. The van der Waals surface area contributed by atoms with Gasteiger partial charge in [0.15, 0.2) is 0 Å². The molecule has 2 N–H and O–H groups in total. The zero-order valence-corrected chi connectivity index (χ0v) is 11.0. The first kappa shape index (κ1) is 11.5. The second-order valence-electron chi connectivity index (χ2n) is 4.88. The van der Waals surface area contributed by atoms with Gasteiger partial charge in [0, 0.05) is 18.1 Å². The third-order valence-corrected chi connectivity index (χ3v) is 4.84. The molecule has 17 heavy (non-hydrogen) atoms. The van der Waals surface area contributed by atoms with Crippen LogP contribution in [0.3, 0.4) is 0 Å². The summed E-state index contributed by atoms with van der Waals surface area (Å²) in [7, 11) is 0. The van der Waals surface area contributed by atoms with Crippen LogP contribution in [-0.2, 0) is 0 Å². The number of hydrogen-bond donors (Lipinski definition) is 2. The van der Waals surface area contributed by atoms with Gasteiger partial charge in [0.1, 0.15) is 0 Å². The summed E-state index contributed by atoms with van der Waals surface area (Å²) in [6, 6.07) is 5.09. The van der Waals surface area contributed by atoms with Gasteiger partial charge in [-0.2, -0.15) is 0 Å². The summed E-state index contributed by atoms with van der Waals surface area (Å²) in [5, 5.41) is 6.69. The number of fused-ring (bicyclic) bond motifs is 2. The van der Waals surface area contributed by atoms with E-state index in [2.05, 4.69) is 10.6 Å². The molecular weight excluding hydrogens is 256 g/mol. The maximum absolute atomic E-state index is 12.0. The van der Waals surface area contributed by atoms with Crippen molar-refractivity contribution in [3.63, 3.8) is 0 Å². The van der Waals surface area contributed by atoms with Crippen molar-refractivity contribution in [2.45, 2.75) is 43.8 Å². The Morgan fingerprint density at radius 2 is 2.06 bits per heavy atom. The van der Waals surface area contributed by atoms with E-state index in [4.69, 9.17) is 11.6 Å². The SMILES string of the molecule is O=C(NC1CC2CCC(C1)N2)c1ccc(Cl)s1. The van der Waals surface area contributed by atoms with Crippen LogP contribution in [0, 0.1) is 0 Å². The zero-order chi connectivity index (χ0) is 11.8. The first-order valence-corrected chi connectivity index (χ1v) is 7.22. The number of halogens is 1. The number of piperidine rings is 1. The molecule has 3 heterocycles. The number of carbonyl (C=O) groups excluding carboxylic acids is 1. The van der Waals surface area contributed by atoms with Crippen LogP contribution in [0.25, 0.3) is 0 Å². The fourth-order valence-corrected chi connectivity index (χ4v) is 3.81. The molecule has 0 aliphatic carbocycles. The summed E-state index contributed by atoms with van der Waals surface area (Å²) in [5.41, 5.74) is 0. The van der Waals surface area contributed by atoms with Crippen molar-refractivity contribution in [3.8, 4) is 0 Å². The highest BCUT2D eigenvalue weighted by molar-refractivity contribution is 7.17. The van der Waals surface area contributed by atoms with Crippen molar-refractivity contribution in [1.29, 1.82) is 0 Å². The average molecular weight is 271 g/mol. The number of amides is 1. The Morgan fingerprint density at radius 3 is 2.65 bits per heavy atom. The van der Waals surface area contributed by atoms with Crippen LogP contribution in [-0.4, -0.2) is 24.0 Å². The van der Waals surface area contributed by atoms with E-state index in [1.807, 2.05) is 0 Å².